The molecule has 0 spiro atoms. The van der Waals surface area contributed by atoms with Crippen molar-refractivity contribution in [3.63, 3.8) is 0 Å². The van der Waals surface area contributed by atoms with E-state index in [0.29, 0.717) is 18.1 Å². The minimum absolute atomic E-state index is 0.229. The highest BCUT2D eigenvalue weighted by Gasteiger charge is 2.48. The lowest BCUT2D eigenvalue weighted by Crippen LogP contribution is -2.53. The number of ether oxygens (including phenoxy) is 1. The number of hydrogen-bond donors (Lipinski definition) is 0. The highest BCUT2D eigenvalue weighted by Crippen LogP contribution is 2.50. The molecule has 0 aromatic carbocycles. The van der Waals surface area contributed by atoms with Crippen LogP contribution in [0.1, 0.15) is 58.8 Å². The maximum absolute atomic E-state index is 6.76. The van der Waals surface area contributed by atoms with Crippen LogP contribution in [0.4, 0.5) is 0 Å². The van der Waals surface area contributed by atoms with Crippen LogP contribution < -0.4 is 0 Å². The molecule has 2 nitrogen and oxygen atoms in total. The van der Waals surface area contributed by atoms with Crippen LogP contribution in [-0.4, -0.2) is 37.7 Å². The third-order valence-electron chi connectivity index (χ3n) is 5.84. The van der Waals surface area contributed by atoms with Crippen molar-refractivity contribution in [1.82, 2.24) is 4.90 Å². The topological polar surface area (TPSA) is 12.5 Å². The van der Waals surface area contributed by atoms with E-state index in [4.69, 9.17) is 4.74 Å². The van der Waals surface area contributed by atoms with Crippen molar-refractivity contribution in [2.24, 2.45) is 17.3 Å². The molecule has 2 aliphatic carbocycles. The molecule has 0 aromatic heterocycles. The first-order valence-electron chi connectivity index (χ1n) is 8.99. The molecule has 2 heteroatoms. The molecule has 0 aromatic rings. The molecule has 4 atom stereocenters. The summed E-state index contributed by atoms with van der Waals surface area (Å²) in [5.74, 6) is 1.43. The van der Waals surface area contributed by atoms with Gasteiger partial charge in [-0.3, -0.25) is 0 Å². The smallest absolute Gasteiger partial charge is 0.0707 e. The molecule has 3 rings (SSSR count). The normalized spacial score (nSPS) is 36.9. The monoisotopic (exact) mass is 291 g/mol. The van der Waals surface area contributed by atoms with Gasteiger partial charge in [-0.05, 0) is 46.2 Å². The zero-order valence-electron chi connectivity index (χ0n) is 14.4. The number of rotatable bonds is 3. The predicted octanol–water partition coefficient (Wildman–Crippen LogP) is 4.26. The Bertz CT molecular complexity index is 398. The molecule has 1 saturated carbocycles. The second-order valence-corrected chi connectivity index (χ2v) is 8.45. The third-order valence-corrected chi connectivity index (χ3v) is 5.84. The number of hydrogen-bond acceptors (Lipinski definition) is 2. The van der Waals surface area contributed by atoms with Crippen LogP contribution in [0.15, 0.2) is 11.6 Å². The maximum atomic E-state index is 6.76. The number of allylic oxidation sites excluding steroid dienone is 1. The van der Waals surface area contributed by atoms with Crippen molar-refractivity contribution in [2.75, 3.05) is 20.6 Å². The van der Waals surface area contributed by atoms with Crippen LogP contribution in [0.25, 0.3) is 0 Å². The summed E-state index contributed by atoms with van der Waals surface area (Å²) in [4.78, 5) is 2.32. The van der Waals surface area contributed by atoms with Crippen molar-refractivity contribution in [1.29, 1.82) is 0 Å². The fraction of sp³-hybridized carbons (Fsp3) is 0.895. The van der Waals surface area contributed by atoms with Crippen LogP contribution in [-0.2, 0) is 4.74 Å². The van der Waals surface area contributed by atoms with E-state index in [1.807, 2.05) is 0 Å². The fourth-order valence-electron chi connectivity index (χ4n) is 5.24. The second-order valence-electron chi connectivity index (χ2n) is 8.45. The Morgan fingerprint density at radius 2 is 1.81 bits per heavy atom. The first kappa shape index (κ1) is 15.6. The molecular formula is C19H33NO. The van der Waals surface area contributed by atoms with Gasteiger partial charge in [0.15, 0.2) is 0 Å². The SMILES string of the molecule is CN(C)CC(C)(C)[C@H]1O[C@H]2CCCC[C@H]2C2=CCCC[C@H]21. The van der Waals surface area contributed by atoms with E-state index in [9.17, 15) is 0 Å². The molecule has 0 radical (unpaired) electrons. The first-order chi connectivity index (χ1) is 9.99. The van der Waals surface area contributed by atoms with Crippen LogP contribution in [0, 0.1) is 17.3 Å². The van der Waals surface area contributed by atoms with E-state index >= 15 is 0 Å². The van der Waals surface area contributed by atoms with E-state index in [2.05, 4.69) is 38.9 Å². The molecule has 2 fully saturated rings. The van der Waals surface area contributed by atoms with Crippen LogP contribution >= 0.6 is 0 Å². The zero-order chi connectivity index (χ0) is 15.0. The van der Waals surface area contributed by atoms with Gasteiger partial charge in [0.1, 0.15) is 0 Å². The van der Waals surface area contributed by atoms with Gasteiger partial charge in [0.2, 0.25) is 0 Å². The summed E-state index contributed by atoms with van der Waals surface area (Å²) in [7, 11) is 4.37. The summed E-state index contributed by atoms with van der Waals surface area (Å²) in [6.07, 6.45) is 12.9. The van der Waals surface area contributed by atoms with Gasteiger partial charge in [0, 0.05) is 23.8 Å². The summed E-state index contributed by atoms with van der Waals surface area (Å²) >= 11 is 0. The van der Waals surface area contributed by atoms with Crippen molar-refractivity contribution >= 4 is 0 Å². The Hall–Kier alpha value is -0.340. The van der Waals surface area contributed by atoms with E-state index in [-0.39, 0.29) is 5.41 Å². The van der Waals surface area contributed by atoms with Crippen molar-refractivity contribution in [3.05, 3.63) is 11.6 Å². The quantitative estimate of drug-likeness (QED) is 0.720. The Labute approximate surface area is 130 Å². The largest absolute Gasteiger partial charge is 0.373 e. The Morgan fingerprint density at radius 1 is 1.10 bits per heavy atom. The van der Waals surface area contributed by atoms with Crippen LogP contribution in [0.3, 0.4) is 0 Å². The fourth-order valence-corrected chi connectivity index (χ4v) is 5.24. The molecule has 1 aliphatic heterocycles. The molecule has 3 aliphatic rings. The van der Waals surface area contributed by atoms with Gasteiger partial charge in [-0.25, -0.2) is 0 Å². The van der Waals surface area contributed by atoms with E-state index < -0.39 is 0 Å². The lowest BCUT2D eigenvalue weighted by molar-refractivity contribution is -0.151. The summed E-state index contributed by atoms with van der Waals surface area (Å²) in [6, 6.07) is 0. The summed E-state index contributed by atoms with van der Waals surface area (Å²) in [5, 5.41) is 0. The van der Waals surface area contributed by atoms with Crippen molar-refractivity contribution in [3.8, 4) is 0 Å². The molecule has 1 saturated heterocycles. The molecule has 0 amide bonds. The Balaban J connectivity index is 1.87. The summed E-state index contributed by atoms with van der Waals surface area (Å²) < 4.78 is 6.76. The standard InChI is InChI=1S/C19H33NO/c1-19(2,13-20(3)4)18-16-11-6-5-9-14(16)15-10-7-8-12-17(15)21-18/h9,15-18H,5-8,10-13H2,1-4H3/t15-,16+,17-,18-/m0/s1. The van der Waals surface area contributed by atoms with Gasteiger partial charge in [0.05, 0.1) is 12.2 Å². The van der Waals surface area contributed by atoms with Gasteiger partial charge in [-0.2, -0.15) is 0 Å². The van der Waals surface area contributed by atoms with Crippen LogP contribution in [0.2, 0.25) is 0 Å². The Morgan fingerprint density at radius 3 is 2.57 bits per heavy atom. The van der Waals surface area contributed by atoms with Gasteiger partial charge in [-0.15, -0.1) is 0 Å². The first-order valence-corrected chi connectivity index (χ1v) is 8.99. The summed E-state index contributed by atoms with van der Waals surface area (Å²) in [5.41, 5.74) is 2.02. The number of nitrogens with zero attached hydrogens (tertiary/aromatic N) is 1. The third kappa shape index (κ3) is 3.07. The van der Waals surface area contributed by atoms with Gasteiger partial charge in [-0.1, -0.05) is 38.3 Å². The minimum atomic E-state index is 0.229. The van der Waals surface area contributed by atoms with Gasteiger partial charge >= 0.3 is 0 Å². The molecule has 120 valence electrons. The highest BCUT2D eigenvalue weighted by molar-refractivity contribution is 5.21. The molecule has 0 bridgehead atoms. The minimum Gasteiger partial charge on any atom is -0.373 e. The van der Waals surface area contributed by atoms with Crippen molar-refractivity contribution in [2.45, 2.75) is 71.0 Å². The van der Waals surface area contributed by atoms with Crippen molar-refractivity contribution < 1.29 is 4.74 Å². The molecule has 1 heterocycles. The van der Waals surface area contributed by atoms with Crippen LogP contribution in [0.5, 0.6) is 0 Å². The average Bonchev–Trinajstić information content (AvgIpc) is 2.45. The predicted molar refractivity (Wildman–Crippen MR) is 88.4 cm³/mol. The second kappa shape index (κ2) is 6.04. The Kier molecular flexibility index (Phi) is 4.47. The van der Waals surface area contributed by atoms with Gasteiger partial charge in [0.25, 0.3) is 0 Å². The van der Waals surface area contributed by atoms with E-state index in [0.717, 1.165) is 12.5 Å². The summed E-state index contributed by atoms with van der Waals surface area (Å²) in [6.45, 7) is 5.93. The molecule has 0 unspecified atom stereocenters. The average molecular weight is 291 g/mol. The number of fused-ring (bicyclic) bond motifs is 3. The van der Waals surface area contributed by atoms with E-state index in [1.54, 1.807) is 5.57 Å². The molecular weight excluding hydrogens is 258 g/mol. The molecule has 0 N–H and O–H groups in total. The lowest BCUT2D eigenvalue weighted by Gasteiger charge is -2.52. The van der Waals surface area contributed by atoms with Gasteiger partial charge < -0.3 is 9.64 Å². The maximum Gasteiger partial charge on any atom is 0.0707 e. The van der Waals surface area contributed by atoms with E-state index in [1.165, 1.54) is 44.9 Å². The zero-order valence-corrected chi connectivity index (χ0v) is 14.4. The molecule has 21 heavy (non-hydrogen) atoms. The lowest BCUT2D eigenvalue weighted by atomic mass is 9.64. The highest BCUT2D eigenvalue weighted by atomic mass is 16.5.